The third-order valence-electron chi connectivity index (χ3n) is 2.38. The van der Waals surface area contributed by atoms with Crippen LogP contribution in [0.1, 0.15) is 0 Å². The van der Waals surface area contributed by atoms with Crippen molar-refractivity contribution in [1.29, 1.82) is 0 Å². The predicted octanol–water partition coefficient (Wildman–Crippen LogP) is 3.54. The van der Waals surface area contributed by atoms with Crippen LogP contribution in [0, 0.1) is 0 Å². The third-order valence-corrected chi connectivity index (χ3v) is 2.38. The molecule has 1 heteroatoms. The second-order valence-corrected chi connectivity index (χ2v) is 3.16. The van der Waals surface area contributed by atoms with E-state index < -0.39 is 0 Å². The molecule has 1 aromatic heterocycles. The van der Waals surface area contributed by atoms with E-state index in [1.54, 1.807) is 12.5 Å². The Morgan fingerprint density at radius 2 is 1.69 bits per heavy atom. The highest BCUT2D eigenvalue weighted by Gasteiger charge is 2.05. The third kappa shape index (κ3) is 0.872. The Labute approximate surface area is 75.9 Å². The summed E-state index contributed by atoms with van der Waals surface area (Å²) in [5.74, 6) is 0. The van der Waals surface area contributed by atoms with E-state index in [9.17, 15) is 0 Å². The van der Waals surface area contributed by atoms with Gasteiger partial charge < -0.3 is 4.42 Å². The van der Waals surface area contributed by atoms with Crippen LogP contribution in [0.2, 0.25) is 0 Å². The summed E-state index contributed by atoms with van der Waals surface area (Å²) in [5, 5.41) is 2.34. The summed E-state index contributed by atoms with van der Waals surface area (Å²) in [7, 11) is 0. The summed E-state index contributed by atoms with van der Waals surface area (Å²) >= 11 is 0. The van der Waals surface area contributed by atoms with Crippen molar-refractivity contribution >= 4 is 10.8 Å². The first-order valence-electron chi connectivity index (χ1n) is 4.29. The number of fused-ring (bicyclic) bond motifs is 3. The molecule has 0 aliphatic heterocycles. The van der Waals surface area contributed by atoms with Gasteiger partial charge in [0, 0.05) is 10.8 Å². The number of furan rings is 1. The summed E-state index contributed by atoms with van der Waals surface area (Å²) in [6, 6.07) is 12.5. The first-order valence-corrected chi connectivity index (χ1v) is 4.29. The van der Waals surface area contributed by atoms with Gasteiger partial charge in [0.15, 0.2) is 0 Å². The average Bonchev–Trinajstić information content (AvgIpc) is 2.72. The zero-order chi connectivity index (χ0) is 8.67. The Morgan fingerprint density at radius 1 is 0.846 bits per heavy atom. The van der Waals surface area contributed by atoms with Gasteiger partial charge in [0.25, 0.3) is 0 Å². The Kier molecular flexibility index (Phi) is 1.22. The van der Waals surface area contributed by atoms with Gasteiger partial charge in [-0.1, -0.05) is 36.4 Å². The van der Waals surface area contributed by atoms with Gasteiger partial charge in [0.05, 0.1) is 12.5 Å². The van der Waals surface area contributed by atoms with Crippen LogP contribution in [-0.2, 0) is 0 Å². The molecule has 2 aliphatic carbocycles. The van der Waals surface area contributed by atoms with Gasteiger partial charge in [0.2, 0.25) is 0 Å². The molecule has 0 aromatic carbocycles. The molecule has 1 aromatic rings. The first-order chi connectivity index (χ1) is 6.45. The first kappa shape index (κ1) is 6.72. The molecule has 62 valence electrons. The summed E-state index contributed by atoms with van der Waals surface area (Å²) in [4.78, 5) is 0. The highest BCUT2D eigenvalue weighted by atomic mass is 16.3. The summed E-state index contributed by atoms with van der Waals surface area (Å²) in [6.07, 6.45) is 3.58. The molecule has 0 atom stereocenters. The molecule has 0 fully saturated rings. The fourth-order valence-corrected chi connectivity index (χ4v) is 1.74. The zero-order valence-electron chi connectivity index (χ0n) is 7.03. The fraction of sp³-hybridized carbons (Fsp3) is 0. The maximum Gasteiger partial charge on any atom is 0.0987 e. The topological polar surface area (TPSA) is 13.1 Å². The second kappa shape index (κ2) is 2.36. The Hall–Kier alpha value is -1.76. The molecule has 0 unspecified atom stereocenters. The average molecular weight is 168 g/mol. The normalized spacial score (nSPS) is 11.1. The molecule has 2 aliphatic rings. The van der Waals surface area contributed by atoms with Crippen molar-refractivity contribution in [3.05, 3.63) is 48.9 Å². The molecule has 0 saturated heterocycles. The van der Waals surface area contributed by atoms with Crippen LogP contribution in [0.15, 0.2) is 53.3 Å². The van der Waals surface area contributed by atoms with Crippen LogP contribution in [0.4, 0.5) is 0 Å². The van der Waals surface area contributed by atoms with Gasteiger partial charge in [-0.05, 0) is 11.1 Å². The molecule has 0 radical (unpaired) electrons. The van der Waals surface area contributed by atoms with Crippen LogP contribution >= 0.6 is 0 Å². The van der Waals surface area contributed by atoms with Gasteiger partial charge in [-0.25, -0.2) is 0 Å². The van der Waals surface area contributed by atoms with Crippen LogP contribution in [0.5, 0.6) is 0 Å². The van der Waals surface area contributed by atoms with Gasteiger partial charge in [0.1, 0.15) is 0 Å². The van der Waals surface area contributed by atoms with Gasteiger partial charge in [-0.15, -0.1) is 0 Å². The van der Waals surface area contributed by atoms with E-state index in [4.69, 9.17) is 4.42 Å². The minimum Gasteiger partial charge on any atom is -0.471 e. The number of hydrogen-bond donors (Lipinski definition) is 0. The molecule has 1 heterocycles. The molecule has 0 amide bonds. The van der Waals surface area contributed by atoms with E-state index in [1.165, 1.54) is 16.5 Å². The van der Waals surface area contributed by atoms with Crippen LogP contribution < -0.4 is 0 Å². The quantitative estimate of drug-likeness (QED) is 0.500. The Balaban J connectivity index is 2.58. The smallest absolute Gasteiger partial charge is 0.0987 e. The van der Waals surface area contributed by atoms with Crippen molar-refractivity contribution in [2.75, 3.05) is 0 Å². The fourth-order valence-electron chi connectivity index (χ4n) is 1.74. The zero-order valence-corrected chi connectivity index (χ0v) is 7.03. The molecule has 0 N–H and O–H groups in total. The molecule has 3 rings (SSSR count). The minimum absolute atomic E-state index is 1.15. The van der Waals surface area contributed by atoms with E-state index in [-0.39, 0.29) is 0 Å². The lowest BCUT2D eigenvalue weighted by Gasteiger charge is -1.90. The molecular weight excluding hydrogens is 160 g/mol. The maximum atomic E-state index is 5.18. The maximum absolute atomic E-state index is 5.18. The number of hydrogen-bond acceptors (Lipinski definition) is 1. The van der Waals surface area contributed by atoms with Crippen LogP contribution in [0.3, 0.4) is 0 Å². The van der Waals surface area contributed by atoms with Crippen LogP contribution in [-0.4, -0.2) is 0 Å². The van der Waals surface area contributed by atoms with Crippen molar-refractivity contribution in [1.82, 2.24) is 0 Å². The number of rotatable bonds is 0. The lowest BCUT2D eigenvalue weighted by atomic mass is 10.1. The summed E-state index contributed by atoms with van der Waals surface area (Å²) in [5.41, 5.74) is 2.52. The van der Waals surface area contributed by atoms with Gasteiger partial charge >= 0.3 is 0 Å². The molecule has 0 bridgehead atoms. The molecule has 0 spiro atoms. The second-order valence-electron chi connectivity index (χ2n) is 3.16. The predicted molar refractivity (Wildman–Crippen MR) is 52.8 cm³/mol. The molecular formula is C12H8O. The molecule has 13 heavy (non-hydrogen) atoms. The highest BCUT2D eigenvalue weighted by molar-refractivity contribution is 5.96. The Bertz CT molecular complexity index is 522. The lowest BCUT2D eigenvalue weighted by molar-refractivity contribution is 0.572. The standard InChI is InChI=1S/C12H8O/c1-3-9-4-2-6-11(9)12-8-13-7-10(12)5-1/h1-8H. The Morgan fingerprint density at radius 3 is 2.62 bits per heavy atom. The minimum atomic E-state index is 1.15. The summed E-state index contributed by atoms with van der Waals surface area (Å²) in [6.45, 7) is 0. The van der Waals surface area contributed by atoms with E-state index in [2.05, 4.69) is 36.4 Å². The van der Waals surface area contributed by atoms with Crippen molar-refractivity contribution in [3.63, 3.8) is 0 Å². The summed E-state index contributed by atoms with van der Waals surface area (Å²) < 4.78 is 5.18. The van der Waals surface area contributed by atoms with Crippen LogP contribution in [0.25, 0.3) is 21.9 Å². The van der Waals surface area contributed by atoms with Gasteiger partial charge in [-0.3, -0.25) is 0 Å². The SMILES string of the molecule is c1cc2cccc3cocc3c-2c1. The van der Waals surface area contributed by atoms with Crippen molar-refractivity contribution in [2.45, 2.75) is 0 Å². The van der Waals surface area contributed by atoms with E-state index in [0.29, 0.717) is 0 Å². The van der Waals surface area contributed by atoms with E-state index >= 15 is 0 Å². The molecule has 0 saturated carbocycles. The van der Waals surface area contributed by atoms with Crippen molar-refractivity contribution in [3.8, 4) is 11.1 Å². The largest absolute Gasteiger partial charge is 0.471 e. The van der Waals surface area contributed by atoms with E-state index in [1.807, 2.05) is 0 Å². The monoisotopic (exact) mass is 168 g/mol. The lowest BCUT2D eigenvalue weighted by Crippen LogP contribution is -1.64. The van der Waals surface area contributed by atoms with E-state index in [0.717, 1.165) is 5.39 Å². The van der Waals surface area contributed by atoms with Gasteiger partial charge in [-0.2, -0.15) is 0 Å². The van der Waals surface area contributed by atoms with Crippen molar-refractivity contribution < 1.29 is 4.42 Å². The highest BCUT2D eigenvalue weighted by Crippen LogP contribution is 2.30. The molecule has 1 nitrogen and oxygen atoms in total. The van der Waals surface area contributed by atoms with Crippen molar-refractivity contribution in [2.24, 2.45) is 0 Å².